The number of nitrogens with two attached hydrogens (primary N) is 1. The van der Waals surface area contributed by atoms with Crippen LogP contribution in [-0.2, 0) is 6.42 Å². The summed E-state index contributed by atoms with van der Waals surface area (Å²) >= 11 is 0. The topological polar surface area (TPSA) is 78.3 Å². The number of hydrogen-bond donors (Lipinski definition) is 1. The summed E-state index contributed by atoms with van der Waals surface area (Å²) in [6, 6.07) is 7.20. The van der Waals surface area contributed by atoms with E-state index in [2.05, 4.69) is 47.1 Å². The lowest BCUT2D eigenvalue weighted by Gasteiger charge is -2.24. The average Bonchev–Trinajstić information content (AvgIpc) is 3.12. The summed E-state index contributed by atoms with van der Waals surface area (Å²) in [5.41, 5.74) is 11.8. The molecule has 1 aromatic carbocycles. The van der Waals surface area contributed by atoms with E-state index in [1.54, 1.807) is 4.52 Å². The van der Waals surface area contributed by atoms with E-state index < -0.39 is 0 Å². The Morgan fingerprint density at radius 1 is 1.21 bits per heavy atom. The highest BCUT2D eigenvalue weighted by molar-refractivity contribution is 5.59. The third kappa shape index (κ3) is 4.36. The Hall–Kier alpha value is -2.63. The van der Waals surface area contributed by atoms with Crippen LogP contribution < -0.4 is 10.5 Å². The molecule has 0 unspecified atom stereocenters. The Balaban J connectivity index is 1.56. The largest absolute Gasteiger partial charge is 0.462 e. The molecule has 0 bridgehead atoms. The second kappa shape index (κ2) is 8.80. The van der Waals surface area contributed by atoms with Gasteiger partial charge in [0, 0.05) is 6.42 Å². The lowest BCUT2D eigenvalue weighted by atomic mass is 9.82. The summed E-state index contributed by atoms with van der Waals surface area (Å²) in [4.78, 5) is 8.65. The lowest BCUT2D eigenvalue weighted by Crippen LogP contribution is -2.09. The molecule has 4 rings (SSSR count). The van der Waals surface area contributed by atoms with Gasteiger partial charge >= 0.3 is 6.01 Å². The average molecular weight is 394 g/mol. The fourth-order valence-corrected chi connectivity index (χ4v) is 4.35. The van der Waals surface area contributed by atoms with E-state index in [1.165, 1.54) is 48.8 Å². The molecule has 0 spiro atoms. The molecule has 1 aliphatic carbocycles. The first kappa shape index (κ1) is 19.7. The molecular weight excluding hydrogens is 362 g/mol. The zero-order valence-corrected chi connectivity index (χ0v) is 17.5. The van der Waals surface area contributed by atoms with Crippen molar-refractivity contribution >= 4 is 11.5 Å². The maximum Gasteiger partial charge on any atom is 0.336 e. The molecule has 0 atom stereocenters. The van der Waals surface area contributed by atoms with Crippen molar-refractivity contribution in [3.05, 3.63) is 46.8 Å². The number of nitrogens with zero attached hydrogens (tertiary/aromatic N) is 4. The van der Waals surface area contributed by atoms with Gasteiger partial charge in [-0.2, -0.15) is 4.98 Å². The Morgan fingerprint density at radius 2 is 2.03 bits per heavy atom. The summed E-state index contributed by atoms with van der Waals surface area (Å²) in [6.07, 6.45) is 11.4. The van der Waals surface area contributed by atoms with Crippen molar-refractivity contribution in [2.24, 2.45) is 0 Å². The third-order valence-corrected chi connectivity index (χ3v) is 5.93. The van der Waals surface area contributed by atoms with Crippen molar-refractivity contribution in [3.63, 3.8) is 0 Å². The summed E-state index contributed by atoms with van der Waals surface area (Å²) in [7, 11) is 0. The molecule has 2 heterocycles. The van der Waals surface area contributed by atoms with Gasteiger partial charge in [0.05, 0.1) is 18.5 Å². The number of aromatic nitrogens is 4. The van der Waals surface area contributed by atoms with Crippen LogP contribution in [0.4, 0.5) is 5.82 Å². The Labute approximate surface area is 172 Å². The molecule has 1 saturated carbocycles. The lowest BCUT2D eigenvalue weighted by molar-refractivity contribution is 0.280. The molecule has 3 aromatic rings. The zero-order chi connectivity index (χ0) is 20.2. The van der Waals surface area contributed by atoms with E-state index >= 15 is 0 Å². The number of ether oxygens (including phenoxy) is 1. The Bertz CT molecular complexity index is 975. The highest BCUT2D eigenvalue weighted by Gasteiger charge is 2.18. The van der Waals surface area contributed by atoms with Crippen LogP contribution in [0.1, 0.15) is 80.2 Å². The van der Waals surface area contributed by atoms with E-state index in [9.17, 15) is 0 Å². The van der Waals surface area contributed by atoms with E-state index in [4.69, 9.17) is 10.5 Å². The molecule has 2 aromatic heterocycles. The molecule has 29 heavy (non-hydrogen) atoms. The normalized spacial score (nSPS) is 15.1. The van der Waals surface area contributed by atoms with Gasteiger partial charge in [0.15, 0.2) is 11.5 Å². The van der Waals surface area contributed by atoms with Crippen molar-refractivity contribution in [1.29, 1.82) is 0 Å². The first-order chi connectivity index (χ1) is 14.2. The quantitative estimate of drug-likeness (QED) is 0.582. The first-order valence-electron chi connectivity index (χ1n) is 10.9. The predicted molar refractivity (Wildman–Crippen MR) is 115 cm³/mol. The van der Waals surface area contributed by atoms with Crippen LogP contribution in [-0.4, -0.2) is 26.2 Å². The smallest absolute Gasteiger partial charge is 0.336 e. The van der Waals surface area contributed by atoms with E-state index in [1.807, 2.05) is 6.20 Å². The van der Waals surface area contributed by atoms with E-state index in [0.717, 1.165) is 30.9 Å². The number of unbranched alkanes of at least 4 members (excludes halogenated alkanes) is 1. The highest BCUT2D eigenvalue weighted by atomic mass is 16.5. The van der Waals surface area contributed by atoms with E-state index in [-0.39, 0.29) is 0 Å². The van der Waals surface area contributed by atoms with Gasteiger partial charge in [-0.3, -0.25) is 0 Å². The number of anilines is 1. The van der Waals surface area contributed by atoms with Crippen LogP contribution in [0, 0.1) is 6.92 Å². The van der Waals surface area contributed by atoms with Gasteiger partial charge in [0.2, 0.25) is 0 Å². The molecular formula is C23H31N5O. The number of nitrogen functional groups attached to an aromatic ring is 1. The van der Waals surface area contributed by atoms with Crippen LogP contribution in [0.25, 0.3) is 5.65 Å². The minimum Gasteiger partial charge on any atom is -0.462 e. The fraction of sp³-hybridized carbons (Fsp3) is 0.522. The third-order valence-electron chi connectivity index (χ3n) is 5.93. The molecule has 154 valence electrons. The molecule has 1 aliphatic rings. The van der Waals surface area contributed by atoms with Crippen LogP contribution in [0.2, 0.25) is 0 Å². The Morgan fingerprint density at radius 3 is 2.79 bits per heavy atom. The monoisotopic (exact) mass is 393 g/mol. The maximum absolute atomic E-state index is 6.08. The van der Waals surface area contributed by atoms with Gasteiger partial charge in [0.1, 0.15) is 0 Å². The van der Waals surface area contributed by atoms with Crippen LogP contribution in [0.5, 0.6) is 6.01 Å². The van der Waals surface area contributed by atoms with Crippen LogP contribution >= 0.6 is 0 Å². The number of aryl methyl sites for hydroxylation is 1. The zero-order valence-electron chi connectivity index (χ0n) is 17.5. The molecule has 0 aliphatic heterocycles. The summed E-state index contributed by atoms with van der Waals surface area (Å²) in [6.45, 7) is 4.95. The second-order valence-electron chi connectivity index (χ2n) is 8.17. The SMILES string of the molecule is CCCCOc1nc(N)c2ncc(Cc3ccc(C4CCCCC4)c(C)c3)n2n1. The van der Waals surface area contributed by atoms with Gasteiger partial charge < -0.3 is 10.5 Å². The maximum atomic E-state index is 6.08. The van der Waals surface area contributed by atoms with Crippen molar-refractivity contribution in [3.8, 4) is 6.01 Å². The second-order valence-corrected chi connectivity index (χ2v) is 8.17. The highest BCUT2D eigenvalue weighted by Crippen LogP contribution is 2.34. The Kier molecular flexibility index (Phi) is 5.97. The molecule has 2 N–H and O–H groups in total. The molecule has 0 amide bonds. The molecule has 0 saturated heterocycles. The predicted octanol–water partition coefficient (Wildman–Crippen LogP) is 4.83. The molecule has 6 nitrogen and oxygen atoms in total. The van der Waals surface area contributed by atoms with Gasteiger partial charge in [0.25, 0.3) is 0 Å². The van der Waals surface area contributed by atoms with Gasteiger partial charge in [-0.15, -0.1) is 5.10 Å². The number of benzene rings is 1. The minimum atomic E-state index is 0.312. The van der Waals surface area contributed by atoms with Crippen LogP contribution in [0.15, 0.2) is 24.4 Å². The number of imidazole rings is 1. The van der Waals surface area contributed by atoms with Crippen molar-refractivity contribution in [2.45, 2.75) is 71.1 Å². The van der Waals surface area contributed by atoms with Gasteiger partial charge in [-0.1, -0.05) is 50.8 Å². The van der Waals surface area contributed by atoms with Crippen LogP contribution in [0.3, 0.4) is 0 Å². The standard InChI is InChI=1S/C23H31N5O/c1-3-4-12-29-23-26-21(24)22-25-15-19(28(22)27-23)14-17-10-11-20(16(2)13-17)18-8-6-5-7-9-18/h10-11,13,15,18H,3-9,12,14H2,1-2H3,(H2,24,26,27). The summed E-state index contributed by atoms with van der Waals surface area (Å²) in [5, 5.41) is 4.52. The molecule has 0 radical (unpaired) electrons. The van der Waals surface area contributed by atoms with Crippen molar-refractivity contribution < 1.29 is 4.74 Å². The fourth-order valence-electron chi connectivity index (χ4n) is 4.35. The summed E-state index contributed by atoms with van der Waals surface area (Å²) < 4.78 is 7.43. The van der Waals surface area contributed by atoms with Gasteiger partial charge in [-0.05, 0) is 48.8 Å². The van der Waals surface area contributed by atoms with Crippen molar-refractivity contribution in [1.82, 2.24) is 19.6 Å². The first-order valence-corrected chi connectivity index (χ1v) is 10.9. The van der Waals surface area contributed by atoms with E-state index in [0.29, 0.717) is 24.1 Å². The minimum absolute atomic E-state index is 0.312. The van der Waals surface area contributed by atoms with Crippen molar-refractivity contribution in [2.75, 3.05) is 12.3 Å². The molecule has 1 fully saturated rings. The van der Waals surface area contributed by atoms with Gasteiger partial charge in [-0.25, -0.2) is 9.50 Å². The molecule has 6 heteroatoms. The summed E-state index contributed by atoms with van der Waals surface area (Å²) in [5.74, 6) is 1.07. The number of rotatable bonds is 7. The number of fused-ring (bicyclic) bond motifs is 1. The number of hydrogen-bond acceptors (Lipinski definition) is 5.